The van der Waals surface area contributed by atoms with Gasteiger partial charge < -0.3 is 29.8 Å². The lowest BCUT2D eigenvalue weighted by Crippen LogP contribution is -2.41. The third-order valence-corrected chi connectivity index (χ3v) is 5.55. The van der Waals surface area contributed by atoms with E-state index in [1.165, 1.54) is 0 Å². The van der Waals surface area contributed by atoms with Crippen molar-refractivity contribution in [2.75, 3.05) is 44.8 Å². The summed E-state index contributed by atoms with van der Waals surface area (Å²) in [5.74, 6) is -0.549. The Kier molecular flexibility index (Phi) is 7.55. The molecule has 1 saturated heterocycles. The molecule has 3 aromatic rings. The number of hydrogen-bond donors (Lipinski definition) is 4. The van der Waals surface area contributed by atoms with Gasteiger partial charge in [0.25, 0.3) is 0 Å². The number of hydrogen-bond acceptors (Lipinski definition) is 7. The lowest BCUT2D eigenvalue weighted by Gasteiger charge is -2.23. The molecule has 1 aliphatic rings. The van der Waals surface area contributed by atoms with Crippen LogP contribution in [0.25, 0.3) is 21.9 Å². The number of nitrogens with zero attached hydrogens (tertiary/aromatic N) is 2. The summed E-state index contributed by atoms with van der Waals surface area (Å²) in [4.78, 5) is 39.0. The Morgan fingerprint density at radius 2 is 1.91 bits per heavy atom. The molecule has 11 heteroatoms. The molecule has 3 heterocycles. The van der Waals surface area contributed by atoms with Crippen molar-refractivity contribution in [1.82, 2.24) is 20.2 Å². The van der Waals surface area contributed by atoms with Crippen LogP contribution in [0.5, 0.6) is 0 Å². The predicted molar refractivity (Wildman–Crippen MR) is 125 cm³/mol. The lowest BCUT2D eigenvalue weighted by atomic mass is 10.1. The van der Waals surface area contributed by atoms with Crippen molar-refractivity contribution < 1.29 is 29.0 Å². The van der Waals surface area contributed by atoms with Gasteiger partial charge in [-0.25, -0.2) is 9.78 Å². The second-order valence-corrected chi connectivity index (χ2v) is 7.83. The van der Waals surface area contributed by atoms with E-state index in [9.17, 15) is 14.4 Å². The molecule has 34 heavy (non-hydrogen) atoms. The van der Waals surface area contributed by atoms with Gasteiger partial charge in [0.2, 0.25) is 11.8 Å². The average molecular weight is 469 g/mol. The van der Waals surface area contributed by atoms with Crippen LogP contribution in [0.4, 0.5) is 10.5 Å². The van der Waals surface area contributed by atoms with E-state index in [0.29, 0.717) is 51.5 Å². The Bertz CT molecular complexity index is 1190. The molecule has 0 aliphatic carbocycles. The summed E-state index contributed by atoms with van der Waals surface area (Å²) in [7, 11) is 0. The van der Waals surface area contributed by atoms with Gasteiger partial charge in [0.05, 0.1) is 31.9 Å². The van der Waals surface area contributed by atoms with E-state index in [1.54, 1.807) is 6.20 Å². The van der Waals surface area contributed by atoms with Crippen molar-refractivity contribution in [2.24, 2.45) is 0 Å². The van der Waals surface area contributed by atoms with Crippen LogP contribution in [0, 0.1) is 0 Å². The van der Waals surface area contributed by atoms with Crippen LogP contribution in [0.15, 0.2) is 36.5 Å². The molecule has 180 valence electrons. The molecule has 2 aromatic heterocycles. The van der Waals surface area contributed by atoms with Gasteiger partial charge in [-0.3, -0.25) is 14.9 Å². The van der Waals surface area contributed by atoms with Crippen LogP contribution in [-0.4, -0.2) is 72.1 Å². The summed E-state index contributed by atoms with van der Waals surface area (Å²) in [6, 6.07) is 9.30. The van der Waals surface area contributed by atoms with E-state index in [-0.39, 0.29) is 18.4 Å². The molecule has 0 spiro atoms. The molecule has 1 atom stereocenters. The second-order valence-electron chi connectivity index (χ2n) is 7.83. The number of amides is 3. The number of carboxylic acid groups (broad SMARTS) is 1. The third-order valence-electron chi connectivity index (χ3n) is 5.55. The zero-order valence-electron chi connectivity index (χ0n) is 18.6. The standard InChI is InChI=1S/C23H27N5O6/c29-20-6-5-19(22(30)27-20)28-18-4-3-15(14-17(18)16-2-1-7-25-21(16)28)24-8-10-33-12-13-34-11-9-26-23(31)32/h1-4,7,14,19,24,26H,5-6,8-13H2,(H,31,32)(H,27,29,30). The second kappa shape index (κ2) is 10.9. The lowest BCUT2D eigenvalue weighted by molar-refractivity contribution is -0.135. The van der Waals surface area contributed by atoms with E-state index in [2.05, 4.69) is 20.9 Å². The largest absolute Gasteiger partial charge is 0.465 e. The number of fused-ring (bicyclic) bond motifs is 3. The van der Waals surface area contributed by atoms with Crippen LogP contribution in [-0.2, 0) is 19.1 Å². The molecule has 1 aromatic carbocycles. The summed E-state index contributed by atoms with van der Waals surface area (Å²) in [5, 5.41) is 18.4. The molecule has 1 aliphatic heterocycles. The van der Waals surface area contributed by atoms with Crippen LogP contribution in [0.2, 0.25) is 0 Å². The summed E-state index contributed by atoms with van der Waals surface area (Å²) in [6.45, 7) is 2.42. The monoisotopic (exact) mass is 469 g/mol. The first kappa shape index (κ1) is 23.5. The number of carbonyl (C=O) groups excluding carboxylic acids is 2. The van der Waals surface area contributed by atoms with Crippen molar-refractivity contribution in [3.63, 3.8) is 0 Å². The first-order chi connectivity index (χ1) is 16.5. The Hall–Kier alpha value is -3.70. The van der Waals surface area contributed by atoms with E-state index < -0.39 is 12.1 Å². The number of carbonyl (C=O) groups is 3. The molecule has 4 N–H and O–H groups in total. The first-order valence-corrected chi connectivity index (χ1v) is 11.1. The van der Waals surface area contributed by atoms with Crippen molar-refractivity contribution in [3.05, 3.63) is 36.5 Å². The predicted octanol–water partition coefficient (Wildman–Crippen LogP) is 1.88. The third kappa shape index (κ3) is 5.43. The number of benzene rings is 1. The molecule has 4 rings (SSSR count). The van der Waals surface area contributed by atoms with Crippen molar-refractivity contribution in [1.29, 1.82) is 0 Å². The summed E-state index contributed by atoms with van der Waals surface area (Å²) in [5.41, 5.74) is 2.52. The number of ether oxygens (including phenoxy) is 2. The van der Waals surface area contributed by atoms with Crippen molar-refractivity contribution in [2.45, 2.75) is 18.9 Å². The Morgan fingerprint density at radius 3 is 2.68 bits per heavy atom. The number of rotatable bonds is 11. The summed E-state index contributed by atoms with van der Waals surface area (Å²) >= 11 is 0. The molecule has 11 nitrogen and oxygen atoms in total. The molecule has 0 saturated carbocycles. The Labute approximate surface area is 195 Å². The molecule has 1 fully saturated rings. The van der Waals surface area contributed by atoms with E-state index in [0.717, 1.165) is 22.0 Å². The number of nitrogens with one attached hydrogen (secondary N) is 3. The van der Waals surface area contributed by atoms with Crippen LogP contribution >= 0.6 is 0 Å². The van der Waals surface area contributed by atoms with Crippen LogP contribution in [0.1, 0.15) is 18.9 Å². The van der Waals surface area contributed by atoms with Gasteiger partial charge in [-0.2, -0.15) is 0 Å². The zero-order valence-corrected chi connectivity index (χ0v) is 18.6. The van der Waals surface area contributed by atoms with Gasteiger partial charge in [-0.05, 0) is 36.8 Å². The van der Waals surface area contributed by atoms with E-state index >= 15 is 0 Å². The minimum atomic E-state index is -1.07. The van der Waals surface area contributed by atoms with Gasteiger partial charge >= 0.3 is 6.09 Å². The van der Waals surface area contributed by atoms with Crippen LogP contribution < -0.4 is 16.0 Å². The molecule has 3 amide bonds. The maximum absolute atomic E-state index is 12.5. The normalized spacial score (nSPS) is 16.1. The highest BCUT2D eigenvalue weighted by Crippen LogP contribution is 2.34. The Morgan fingerprint density at radius 1 is 1.12 bits per heavy atom. The van der Waals surface area contributed by atoms with Gasteiger partial charge in [0.1, 0.15) is 11.7 Å². The minimum absolute atomic E-state index is 0.245. The molecular weight excluding hydrogens is 442 g/mol. The molecule has 1 unspecified atom stereocenters. The fourth-order valence-electron chi connectivity index (χ4n) is 4.05. The van der Waals surface area contributed by atoms with Gasteiger partial charge in [0.15, 0.2) is 0 Å². The number of piperidine rings is 1. The van der Waals surface area contributed by atoms with Crippen LogP contribution in [0.3, 0.4) is 0 Å². The van der Waals surface area contributed by atoms with Crippen molar-refractivity contribution >= 4 is 45.5 Å². The summed E-state index contributed by atoms with van der Waals surface area (Å²) in [6.07, 6.45) is 1.37. The van der Waals surface area contributed by atoms with Gasteiger partial charge in [-0.15, -0.1) is 0 Å². The van der Waals surface area contributed by atoms with E-state index in [1.807, 2.05) is 34.9 Å². The summed E-state index contributed by atoms with van der Waals surface area (Å²) < 4.78 is 12.7. The number of anilines is 1. The maximum Gasteiger partial charge on any atom is 0.404 e. The average Bonchev–Trinajstić information content (AvgIpc) is 3.14. The maximum atomic E-state index is 12.5. The molecular formula is C23H27N5O6. The Balaban J connectivity index is 1.36. The van der Waals surface area contributed by atoms with Gasteiger partial charge in [0, 0.05) is 42.2 Å². The minimum Gasteiger partial charge on any atom is -0.465 e. The van der Waals surface area contributed by atoms with E-state index in [4.69, 9.17) is 14.6 Å². The highest BCUT2D eigenvalue weighted by molar-refractivity contribution is 6.09. The molecule has 0 radical (unpaired) electrons. The smallest absolute Gasteiger partial charge is 0.404 e. The van der Waals surface area contributed by atoms with Crippen molar-refractivity contribution in [3.8, 4) is 0 Å². The SMILES string of the molecule is O=C(O)NCCOCCOCCNc1ccc2c(c1)c1cccnc1n2C1CCC(=O)NC1=O. The highest BCUT2D eigenvalue weighted by Gasteiger charge is 2.30. The topological polar surface area (TPSA) is 144 Å². The first-order valence-electron chi connectivity index (χ1n) is 11.1. The fraction of sp³-hybridized carbons (Fsp3) is 0.391. The number of aromatic nitrogens is 2. The zero-order chi connectivity index (χ0) is 23.9. The highest BCUT2D eigenvalue weighted by atomic mass is 16.5. The fourth-order valence-corrected chi connectivity index (χ4v) is 4.05. The number of imide groups is 1. The van der Waals surface area contributed by atoms with Gasteiger partial charge in [-0.1, -0.05) is 0 Å². The number of pyridine rings is 1. The quantitative estimate of drug-likeness (QED) is 0.246. The molecule has 0 bridgehead atoms.